The van der Waals surface area contributed by atoms with Crippen LogP contribution in [0.3, 0.4) is 0 Å². The third kappa shape index (κ3) is 1.55. The van der Waals surface area contributed by atoms with Crippen molar-refractivity contribution in [3.8, 4) is 0 Å². The molecular weight excluding hydrogens is 163 g/mol. The Morgan fingerprint density at radius 3 is 2.27 bits per heavy atom. The van der Waals surface area contributed by atoms with Crippen LogP contribution < -0.4 is 5.32 Å². The number of carbonyl (C=O) groups excluding carboxylic acids is 1. The molecule has 1 saturated heterocycles. The molecule has 6 heteroatoms. The molecule has 2 atom stereocenters. The molecule has 1 aliphatic rings. The second-order valence-electron chi connectivity index (χ2n) is 2.30. The van der Waals surface area contributed by atoms with E-state index < -0.39 is 24.4 Å². The van der Waals surface area contributed by atoms with Gasteiger partial charge in [0.25, 0.3) is 0 Å². The van der Waals surface area contributed by atoms with Crippen LogP contribution in [0.2, 0.25) is 0 Å². The fraction of sp³-hybridized carbons (Fsp3) is 0.800. The summed E-state index contributed by atoms with van der Waals surface area (Å²) >= 11 is 0. The van der Waals surface area contributed by atoms with E-state index in [-0.39, 0.29) is 0 Å². The highest BCUT2D eigenvalue weighted by Crippen LogP contribution is 2.28. The molecule has 0 spiro atoms. The third-order valence-electron chi connectivity index (χ3n) is 1.36. The third-order valence-corrected chi connectivity index (χ3v) is 1.36. The van der Waals surface area contributed by atoms with Crippen molar-refractivity contribution in [1.29, 1.82) is 0 Å². The van der Waals surface area contributed by atoms with Crippen LogP contribution in [0.1, 0.15) is 6.92 Å². The number of hydrogen-bond donors (Lipinski definition) is 1. The number of ether oxygens (including phenoxy) is 1. The van der Waals surface area contributed by atoms with Crippen molar-refractivity contribution in [1.82, 2.24) is 5.32 Å². The van der Waals surface area contributed by atoms with E-state index in [1.807, 2.05) is 5.32 Å². The predicted octanol–water partition coefficient (Wildman–Crippen LogP) is 1.05. The van der Waals surface area contributed by atoms with Gasteiger partial charge in [-0.1, -0.05) is 0 Å². The maximum Gasteiger partial charge on any atom is 0.427 e. The minimum Gasteiger partial charge on any atom is -0.434 e. The molecule has 0 saturated carbocycles. The summed E-state index contributed by atoms with van der Waals surface area (Å²) in [5.41, 5.74) is 0. The molecule has 11 heavy (non-hydrogen) atoms. The molecule has 0 aromatic carbocycles. The first-order chi connectivity index (χ1) is 4.91. The Morgan fingerprint density at radius 1 is 1.55 bits per heavy atom. The van der Waals surface area contributed by atoms with E-state index in [9.17, 15) is 18.0 Å². The lowest BCUT2D eigenvalue weighted by Crippen LogP contribution is -2.38. The van der Waals surface area contributed by atoms with Gasteiger partial charge in [-0.05, 0) is 6.92 Å². The van der Waals surface area contributed by atoms with Gasteiger partial charge in [-0.15, -0.1) is 0 Å². The summed E-state index contributed by atoms with van der Waals surface area (Å²) in [7, 11) is 0. The standard InChI is InChI=1S/C5H6F3NO2/c1-2-3(5(6,7)8)11-4(10)9-2/h2-3H,1H3,(H,9,10)/t2-,3-/m0/s1. The van der Waals surface area contributed by atoms with Crippen molar-refractivity contribution in [2.24, 2.45) is 0 Å². The second kappa shape index (κ2) is 2.28. The van der Waals surface area contributed by atoms with Gasteiger partial charge in [-0.2, -0.15) is 13.2 Å². The molecule has 1 rings (SSSR count). The van der Waals surface area contributed by atoms with Gasteiger partial charge in [-0.3, -0.25) is 0 Å². The molecule has 0 unspecified atom stereocenters. The lowest BCUT2D eigenvalue weighted by molar-refractivity contribution is -0.198. The molecule has 1 heterocycles. The summed E-state index contributed by atoms with van der Waals surface area (Å²) in [6.07, 6.45) is -7.49. The molecule has 3 nitrogen and oxygen atoms in total. The predicted molar refractivity (Wildman–Crippen MR) is 28.9 cm³/mol. The summed E-state index contributed by atoms with van der Waals surface area (Å²) in [5, 5.41) is 1.99. The second-order valence-corrected chi connectivity index (χ2v) is 2.30. The van der Waals surface area contributed by atoms with Crippen molar-refractivity contribution >= 4 is 6.09 Å². The van der Waals surface area contributed by atoms with Crippen molar-refractivity contribution in [2.75, 3.05) is 0 Å². The summed E-state index contributed by atoms with van der Waals surface area (Å²) in [4.78, 5) is 10.3. The Labute approximate surface area is 60.5 Å². The molecule has 0 aliphatic carbocycles. The highest BCUT2D eigenvalue weighted by atomic mass is 19.4. The molecule has 1 fully saturated rings. The van der Waals surface area contributed by atoms with E-state index in [0.29, 0.717) is 0 Å². The fourth-order valence-corrected chi connectivity index (χ4v) is 0.863. The van der Waals surface area contributed by atoms with Gasteiger partial charge in [0.15, 0.2) is 0 Å². The zero-order valence-electron chi connectivity index (χ0n) is 5.61. The summed E-state index contributed by atoms with van der Waals surface area (Å²) in [6.45, 7) is 1.24. The quantitative estimate of drug-likeness (QED) is 0.588. The molecule has 0 aromatic heterocycles. The topological polar surface area (TPSA) is 38.3 Å². The number of hydrogen-bond acceptors (Lipinski definition) is 2. The minimum absolute atomic E-state index is 0.998. The summed E-state index contributed by atoms with van der Waals surface area (Å²) in [5.74, 6) is 0. The van der Waals surface area contributed by atoms with Crippen molar-refractivity contribution in [3.63, 3.8) is 0 Å². The Balaban J connectivity index is 2.67. The Morgan fingerprint density at radius 2 is 2.09 bits per heavy atom. The average molecular weight is 169 g/mol. The smallest absolute Gasteiger partial charge is 0.427 e. The molecule has 1 N–H and O–H groups in total. The Hall–Kier alpha value is -0.940. The number of nitrogens with one attached hydrogen (secondary N) is 1. The summed E-state index contributed by atoms with van der Waals surface area (Å²) < 4.78 is 39.6. The van der Waals surface area contributed by atoms with E-state index in [4.69, 9.17) is 0 Å². The Bertz CT molecular complexity index is 179. The van der Waals surface area contributed by atoms with E-state index in [1.54, 1.807) is 0 Å². The normalized spacial score (nSPS) is 31.5. The number of alkyl carbamates (subject to hydrolysis) is 1. The minimum atomic E-state index is -4.47. The van der Waals surface area contributed by atoms with Crippen LogP contribution in [0, 0.1) is 0 Å². The van der Waals surface area contributed by atoms with Crippen LogP contribution in [0.25, 0.3) is 0 Å². The highest BCUT2D eigenvalue weighted by Gasteiger charge is 2.50. The number of carbonyl (C=O) groups is 1. The van der Waals surface area contributed by atoms with E-state index >= 15 is 0 Å². The van der Waals surface area contributed by atoms with Crippen molar-refractivity contribution in [2.45, 2.75) is 25.2 Å². The zero-order chi connectivity index (χ0) is 8.65. The van der Waals surface area contributed by atoms with Crippen molar-refractivity contribution in [3.05, 3.63) is 0 Å². The number of cyclic esters (lactones) is 1. The van der Waals surface area contributed by atoms with Gasteiger partial charge < -0.3 is 10.1 Å². The van der Waals surface area contributed by atoms with E-state index in [1.165, 1.54) is 6.92 Å². The first-order valence-electron chi connectivity index (χ1n) is 2.95. The van der Waals surface area contributed by atoms with Gasteiger partial charge in [0.2, 0.25) is 6.10 Å². The van der Waals surface area contributed by atoms with Crippen LogP contribution in [0.4, 0.5) is 18.0 Å². The van der Waals surface area contributed by atoms with Crippen LogP contribution in [0.15, 0.2) is 0 Å². The monoisotopic (exact) mass is 169 g/mol. The maximum absolute atomic E-state index is 11.9. The Kier molecular flexibility index (Phi) is 1.69. The van der Waals surface area contributed by atoms with Gasteiger partial charge in [-0.25, -0.2) is 4.79 Å². The average Bonchev–Trinajstić information content (AvgIpc) is 2.08. The van der Waals surface area contributed by atoms with E-state index in [0.717, 1.165) is 0 Å². The maximum atomic E-state index is 11.9. The molecule has 1 aliphatic heterocycles. The number of rotatable bonds is 0. The SMILES string of the molecule is C[C@@H]1NC(=O)O[C@@H]1C(F)(F)F. The molecule has 0 radical (unpaired) electrons. The van der Waals surface area contributed by atoms with Crippen LogP contribution >= 0.6 is 0 Å². The van der Waals surface area contributed by atoms with Crippen LogP contribution in [-0.2, 0) is 4.74 Å². The molecule has 0 bridgehead atoms. The zero-order valence-corrected chi connectivity index (χ0v) is 5.61. The largest absolute Gasteiger partial charge is 0.434 e. The van der Waals surface area contributed by atoms with Crippen molar-refractivity contribution < 1.29 is 22.7 Å². The van der Waals surface area contributed by atoms with Crippen LogP contribution in [-0.4, -0.2) is 24.4 Å². The first-order valence-corrected chi connectivity index (χ1v) is 2.95. The lowest BCUT2D eigenvalue weighted by Gasteiger charge is -2.15. The summed E-state index contributed by atoms with van der Waals surface area (Å²) in [6, 6.07) is -0.998. The molecule has 64 valence electrons. The number of halogens is 3. The molecule has 1 amide bonds. The van der Waals surface area contributed by atoms with Gasteiger partial charge in [0, 0.05) is 0 Å². The molecular formula is C5H6F3NO2. The first kappa shape index (κ1) is 8.16. The van der Waals surface area contributed by atoms with Gasteiger partial charge >= 0.3 is 12.3 Å². The number of alkyl halides is 3. The number of amides is 1. The van der Waals surface area contributed by atoms with Gasteiger partial charge in [0.05, 0.1) is 6.04 Å². The fourth-order valence-electron chi connectivity index (χ4n) is 0.863. The van der Waals surface area contributed by atoms with E-state index in [2.05, 4.69) is 4.74 Å². The van der Waals surface area contributed by atoms with Crippen LogP contribution in [0.5, 0.6) is 0 Å². The van der Waals surface area contributed by atoms with Gasteiger partial charge in [0.1, 0.15) is 0 Å². The lowest BCUT2D eigenvalue weighted by atomic mass is 10.2. The highest BCUT2D eigenvalue weighted by molar-refractivity contribution is 5.70. The molecule has 0 aromatic rings.